The van der Waals surface area contributed by atoms with Gasteiger partial charge in [-0.3, -0.25) is 4.79 Å². The van der Waals surface area contributed by atoms with E-state index in [0.29, 0.717) is 0 Å². The minimum atomic E-state index is -3.07. The number of ether oxygens (including phenoxy) is 1. The summed E-state index contributed by atoms with van der Waals surface area (Å²) in [6.45, 7) is -3.07. The molecule has 0 saturated heterocycles. The van der Waals surface area contributed by atoms with Crippen molar-refractivity contribution in [3.8, 4) is 5.75 Å². The van der Waals surface area contributed by atoms with Gasteiger partial charge >= 0.3 is 6.61 Å². The Kier molecular flexibility index (Phi) is 3.35. The van der Waals surface area contributed by atoms with E-state index in [1.807, 2.05) is 0 Å². The molecule has 0 bridgehead atoms. The molecule has 6 heteroatoms. The first-order valence-electron chi connectivity index (χ1n) is 3.44. The van der Waals surface area contributed by atoms with Crippen molar-refractivity contribution >= 4 is 16.8 Å². The summed E-state index contributed by atoms with van der Waals surface area (Å²) in [7, 11) is 0. The Bertz CT molecular complexity index is 354. The summed E-state index contributed by atoms with van der Waals surface area (Å²) >= 11 is 5.04. The third-order valence-corrected chi connectivity index (χ3v) is 1.54. The number of halogens is 4. The van der Waals surface area contributed by atoms with Crippen LogP contribution >= 0.6 is 11.6 Å². The van der Waals surface area contributed by atoms with Gasteiger partial charge in [0.05, 0.1) is 0 Å². The van der Waals surface area contributed by atoms with Crippen molar-refractivity contribution in [2.75, 3.05) is 0 Å². The lowest BCUT2D eigenvalue weighted by Crippen LogP contribution is -2.03. The molecule has 0 aliphatic heterocycles. The highest BCUT2D eigenvalue weighted by Crippen LogP contribution is 2.19. The summed E-state index contributed by atoms with van der Waals surface area (Å²) in [5, 5.41) is -0.941. The van der Waals surface area contributed by atoms with E-state index in [0.717, 1.165) is 18.2 Å². The molecule has 0 aliphatic carbocycles. The standard InChI is InChI=1S/C8H4ClF3O2/c9-7(13)4-1-5(10)3-6(2-4)14-8(11)12/h1-3,8H. The molecule has 1 aromatic carbocycles. The van der Waals surface area contributed by atoms with Crippen LogP contribution in [0.5, 0.6) is 5.75 Å². The second-order valence-corrected chi connectivity index (χ2v) is 2.67. The van der Waals surface area contributed by atoms with E-state index in [9.17, 15) is 18.0 Å². The first kappa shape index (κ1) is 10.8. The van der Waals surface area contributed by atoms with Crippen LogP contribution in [0.4, 0.5) is 13.2 Å². The van der Waals surface area contributed by atoms with Crippen LogP contribution in [0, 0.1) is 5.82 Å². The van der Waals surface area contributed by atoms with Crippen LogP contribution in [-0.2, 0) is 0 Å². The van der Waals surface area contributed by atoms with Crippen LogP contribution in [-0.4, -0.2) is 11.9 Å². The van der Waals surface area contributed by atoms with Crippen molar-refractivity contribution in [3.63, 3.8) is 0 Å². The summed E-state index contributed by atoms with van der Waals surface area (Å²) < 4.78 is 40.0. The smallest absolute Gasteiger partial charge is 0.387 e. The molecular formula is C8H4ClF3O2. The third-order valence-electron chi connectivity index (χ3n) is 1.32. The van der Waals surface area contributed by atoms with Crippen LogP contribution in [0.2, 0.25) is 0 Å². The Hall–Kier alpha value is -1.23. The molecule has 0 saturated carbocycles. The van der Waals surface area contributed by atoms with Crippen LogP contribution in [0.15, 0.2) is 18.2 Å². The van der Waals surface area contributed by atoms with E-state index in [-0.39, 0.29) is 5.56 Å². The zero-order valence-electron chi connectivity index (χ0n) is 6.64. The molecule has 0 unspecified atom stereocenters. The molecule has 0 N–H and O–H groups in total. The number of benzene rings is 1. The van der Waals surface area contributed by atoms with E-state index >= 15 is 0 Å². The maximum atomic E-state index is 12.7. The van der Waals surface area contributed by atoms with Crippen molar-refractivity contribution in [3.05, 3.63) is 29.6 Å². The van der Waals surface area contributed by atoms with Gasteiger partial charge in [-0.05, 0) is 23.7 Å². The summed E-state index contributed by atoms with van der Waals surface area (Å²) in [5.74, 6) is -1.31. The molecule has 1 rings (SSSR count). The Balaban J connectivity index is 3.01. The van der Waals surface area contributed by atoms with Crippen molar-refractivity contribution in [2.24, 2.45) is 0 Å². The summed E-state index contributed by atoms with van der Waals surface area (Å²) in [6, 6.07) is 2.49. The molecule has 0 amide bonds. The number of alkyl halides is 2. The van der Waals surface area contributed by atoms with E-state index < -0.39 is 23.4 Å². The lowest BCUT2D eigenvalue weighted by molar-refractivity contribution is -0.0500. The predicted octanol–water partition coefficient (Wildman–Crippen LogP) is 2.81. The van der Waals surface area contributed by atoms with Gasteiger partial charge in [0, 0.05) is 11.6 Å². The van der Waals surface area contributed by atoms with Gasteiger partial charge in [0.1, 0.15) is 11.6 Å². The maximum absolute atomic E-state index is 12.7. The normalized spacial score (nSPS) is 10.4. The van der Waals surface area contributed by atoms with Crippen LogP contribution in [0.1, 0.15) is 10.4 Å². The Morgan fingerprint density at radius 1 is 1.36 bits per heavy atom. The number of hydrogen-bond donors (Lipinski definition) is 0. The molecule has 0 heterocycles. The molecule has 76 valence electrons. The minimum absolute atomic E-state index is 0.234. The van der Waals surface area contributed by atoms with Gasteiger partial charge in [-0.2, -0.15) is 8.78 Å². The zero-order valence-corrected chi connectivity index (χ0v) is 7.39. The molecule has 14 heavy (non-hydrogen) atoms. The Labute approximate surface area is 82.2 Å². The molecule has 1 aromatic rings. The SMILES string of the molecule is O=C(Cl)c1cc(F)cc(OC(F)F)c1. The molecule has 2 nitrogen and oxygen atoms in total. The maximum Gasteiger partial charge on any atom is 0.387 e. The van der Waals surface area contributed by atoms with Gasteiger partial charge in [0.2, 0.25) is 0 Å². The first-order valence-corrected chi connectivity index (χ1v) is 3.82. The van der Waals surface area contributed by atoms with Crippen LogP contribution < -0.4 is 4.74 Å². The quantitative estimate of drug-likeness (QED) is 0.738. The van der Waals surface area contributed by atoms with Gasteiger partial charge in [-0.25, -0.2) is 4.39 Å². The average Bonchev–Trinajstić information content (AvgIpc) is 2.01. The minimum Gasteiger partial charge on any atom is -0.435 e. The van der Waals surface area contributed by atoms with Gasteiger partial charge in [0.15, 0.2) is 0 Å². The summed E-state index contributed by atoms with van der Waals surface area (Å²) in [6.07, 6.45) is 0. The third kappa shape index (κ3) is 2.92. The lowest BCUT2D eigenvalue weighted by Gasteiger charge is -2.05. The highest BCUT2D eigenvalue weighted by Gasteiger charge is 2.10. The molecule has 0 fully saturated rings. The number of rotatable bonds is 3. The van der Waals surface area contributed by atoms with Gasteiger partial charge < -0.3 is 4.74 Å². The lowest BCUT2D eigenvalue weighted by atomic mass is 10.2. The second-order valence-electron chi connectivity index (χ2n) is 2.33. The highest BCUT2D eigenvalue weighted by molar-refractivity contribution is 6.67. The average molecular weight is 225 g/mol. The second kappa shape index (κ2) is 4.32. The van der Waals surface area contributed by atoms with Gasteiger partial charge in [-0.15, -0.1) is 0 Å². The van der Waals surface area contributed by atoms with Crippen molar-refractivity contribution in [2.45, 2.75) is 6.61 Å². The number of carbonyl (C=O) groups is 1. The number of carbonyl (C=O) groups excluding carboxylic acids is 1. The first-order chi connectivity index (χ1) is 6.49. The highest BCUT2D eigenvalue weighted by atomic mass is 35.5. The van der Waals surface area contributed by atoms with E-state index in [2.05, 4.69) is 4.74 Å². The Morgan fingerprint density at radius 2 is 2.00 bits per heavy atom. The topological polar surface area (TPSA) is 26.3 Å². The van der Waals surface area contributed by atoms with Crippen molar-refractivity contribution in [1.82, 2.24) is 0 Å². The molecule has 0 aliphatic rings. The summed E-state index contributed by atoms with van der Waals surface area (Å²) in [4.78, 5) is 10.6. The Morgan fingerprint density at radius 3 is 2.50 bits per heavy atom. The molecule has 0 spiro atoms. The fraction of sp³-hybridized carbons (Fsp3) is 0.125. The van der Waals surface area contributed by atoms with E-state index in [4.69, 9.17) is 11.6 Å². The molecule has 0 aromatic heterocycles. The van der Waals surface area contributed by atoms with E-state index in [1.165, 1.54) is 0 Å². The number of hydrogen-bond acceptors (Lipinski definition) is 2. The molecule has 0 radical (unpaired) electrons. The molecule has 0 atom stereocenters. The zero-order chi connectivity index (χ0) is 10.7. The van der Waals surface area contributed by atoms with Crippen LogP contribution in [0.25, 0.3) is 0 Å². The fourth-order valence-electron chi connectivity index (χ4n) is 0.847. The van der Waals surface area contributed by atoms with E-state index in [1.54, 1.807) is 0 Å². The largest absolute Gasteiger partial charge is 0.435 e. The van der Waals surface area contributed by atoms with Crippen LogP contribution in [0.3, 0.4) is 0 Å². The summed E-state index contributed by atoms with van der Waals surface area (Å²) in [5.41, 5.74) is -0.234. The van der Waals surface area contributed by atoms with Crippen molar-refractivity contribution < 1.29 is 22.7 Å². The van der Waals surface area contributed by atoms with Gasteiger partial charge in [0.25, 0.3) is 5.24 Å². The fourth-order valence-corrected chi connectivity index (χ4v) is 0.956. The van der Waals surface area contributed by atoms with Crippen molar-refractivity contribution in [1.29, 1.82) is 0 Å². The predicted molar refractivity (Wildman–Crippen MR) is 43.2 cm³/mol. The molecular weight excluding hydrogens is 221 g/mol. The van der Waals surface area contributed by atoms with Gasteiger partial charge in [-0.1, -0.05) is 0 Å². The monoisotopic (exact) mass is 224 g/mol.